The van der Waals surface area contributed by atoms with Gasteiger partial charge in [0, 0.05) is 35.9 Å². The fourth-order valence-corrected chi connectivity index (χ4v) is 4.87. The molecular weight excluding hydrogens is 490 g/mol. The number of carbonyl (C=O) groups excluding carboxylic acids is 3. The van der Waals surface area contributed by atoms with Crippen molar-refractivity contribution in [3.63, 3.8) is 0 Å². The molecule has 0 unspecified atom stereocenters. The maximum Gasteiger partial charge on any atom is 0.228 e. The van der Waals surface area contributed by atoms with Crippen LogP contribution in [0.5, 0.6) is 17.2 Å². The predicted molar refractivity (Wildman–Crippen MR) is 135 cm³/mol. The zero-order valence-corrected chi connectivity index (χ0v) is 21.2. The first-order chi connectivity index (χ1) is 18.1. The number of fused-ring (bicyclic) bond motifs is 3. The Hall–Kier alpha value is -4.73. The molecule has 10 nitrogen and oxygen atoms in total. The fourth-order valence-electron chi connectivity index (χ4n) is 4.87. The van der Waals surface area contributed by atoms with E-state index in [1.54, 1.807) is 6.92 Å². The van der Waals surface area contributed by atoms with Gasteiger partial charge >= 0.3 is 0 Å². The van der Waals surface area contributed by atoms with Gasteiger partial charge in [-0.3, -0.25) is 14.4 Å². The molecule has 1 aromatic heterocycles. The van der Waals surface area contributed by atoms with Crippen LogP contribution in [0.25, 0.3) is 11.4 Å². The Balaban J connectivity index is 1.43. The van der Waals surface area contributed by atoms with E-state index < -0.39 is 28.5 Å². The van der Waals surface area contributed by atoms with Gasteiger partial charge in [0.15, 0.2) is 17.3 Å². The predicted octanol–water partition coefficient (Wildman–Crippen LogP) is 3.45. The second-order valence-corrected chi connectivity index (χ2v) is 9.44. The summed E-state index contributed by atoms with van der Waals surface area (Å²) < 4.78 is 11.1. The van der Waals surface area contributed by atoms with E-state index in [0.717, 1.165) is 5.56 Å². The first-order valence-electron chi connectivity index (χ1n) is 12.0. The number of ether oxygens (including phenoxy) is 1. The number of Topliss-reactive ketones (excluding diaryl/α,β-unsaturated/α-hetero) is 2. The first kappa shape index (κ1) is 24.9. The van der Waals surface area contributed by atoms with Gasteiger partial charge in [-0.25, -0.2) is 0 Å². The number of aromatic nitrogens is 2. The van der Waals surface area contributed by atoms with Gasteiger partial charge < -0.3 is 24.8 Å². The molecule has 1 atom stereocenters. The third-order valence-electron chi connectivity index (χ3n) is 6.99. The number of ketones is 3. The number of allylic oxidation sites excluding steroid dienone is 4. The van der Waals surface area contributed by atoms with Crippen LogP contribution in [0.2, 0.25) is 0 Å². The number of phenolic OH excluding ortho intramolecular Hbond substituents is 2. The van der Waals surface area contributed by atoms with E-state index in [1.807, 2.05) is 30.3 Å². The summed E-state index contributed by atoms with van der Waals surface area (Å²) in [6, 6.07) is 9.38. The summed E-state index contributed by atoms with van der Waals surface area (Å²) in [5.41, 5.74) is -0.576. The molecule has 194 valence electrons. The van der Waals surface area contributed by atoms with Crippen molar-refractivity contribution in [2.45, 2.75) is 39.5 Å². The van der Waals surface area contributed by atoms with E-state index in [0.29, 0.717) is 30.4 Å². The number of nitrogens with zero attached hydrogens (tertiary/aromatic N) is 2. The zero-order chi connectivity index (χ0) is 27.4. The second-order valence-electron chi connectivity index (χ2n) is 9.44. The highest BCUT2D eigenvalue weighted by Crippen LogP contribution is 2.57. The number of rotatable bonds is 6. The molecular formula is C28H25N3O7. The quantitative estimate of drug-likeness (QED) is 0.253. The fraction of sp³-hybridized carbons (Fsp3) is 0.250. The number of hydrogen-bond donors (Lipinski definition) is 3. The minimum atomic E-state index is -1.56. The lowest BCUT2D eigenvalue weighted by atomic mass is 9.70. The number of benzene rings is 2. The van der Waals surface area contributed by atoms with Crippen molar-refractivity contribution >= 4 is 17.3 Å². The van der Waals surface area contributed by atoms with Crippen LogP contribution in [-0.2, 0) is 21.4 Å². The second kappa shape index (κ2) is 8.98. The molecule has 0 bridgehead atoms. The molecule has 0 amide bonds. The van der Waals surface area contributed by atoms with Crippen molar-refractivity contribution in [3.05, 3.63) is 76.0 Å². The SMILES string of the molecule is CC(=O)c1c(O)c(C)c(O)c2c1OC1=CC(=O)C(=C(C)NCCc3nc(-c4ccccc4)no3)C(=O)[C@@]12C. The smallest absolute Gasteiger partial charge is 0.228 e. The Bertz CT molecular complexity index is 1580. The Morgan fingerprint density at radius 2 is 1.82 bits per heavy atom. The Morgan fingerprint density at radius 1 is 1.11 bits per heavy atom. The maximum absolute atomic E-state index is 13.8. The summed E-state index contributed by atoms with van der Waals surface area (Å²) >= 11 is 0. The van der Waals surface area contributed by atoms with E-state index in [1.165, 1.54) is 26.8 Å². The van der Waals surface area contributed by atoms with Crippen LogP contribution in [0.4, 0.5) is 0 Å². The number of phenols is 2. The highest BCUT2D eigenvalue weighted by molar-refractivity contribution is 6.31. The van der Waals surface area contributed by atoms with Crippen LogP contribution >= 0.6 is 0 Å². The molecule has 0 spiro atoms. The molecule has 3 aromatic rings. The van der Waals surface area contributed by atoms with Gasteiger partial charge in [-0.15, -0.1) is 0 Å². The van der Waals surface area contributed by atoms with E-state index in [9.17, 15) is 24.6 Å². The molecule has 1 aliphatic carbocycles. The van der Waals surface area contributed by atoms with Crippen molar-refractivity contribution in [2.24, 2.45) is 0 Å². The van der Waals surface area contributed by atoms with E-state index in [-0.39, 0.29) is 39.5 Å². The van der Waals surface area contributed by atoms with Crippen LogP contribution < -0.4 is 10.1 Å². The molecule has 0 fully saturated rings. The van der Waals surface area contributed by atoms with Crippen LogP contribution in [0.3, 0.4) is 0 Å². The maximum atomic E-state index is 13.8. The van der Waals surface area contributed by atoms with Crippen LogP contribution in [0.15, 0.2) is 58.0 Å². The molecule has 5 rings (SSSR count). The van der Waals surface area contributed by atoms with Gasteiger partial charge in [0.2, 0.25) is 11.7 Å². The normalized spacial score (nSPS) is 19.4. The molecule has 2 aliphatic rings. The highest BCUT2D eigenvalue weighted by Gasteiger charge is 2.56. The number of aromatic hydroxyl groups is 2. The molecule has 0 saturated carbocycles. The third kappa shape index (κ3) is 3.68. The van der Waals surface area contributed by atoms with Crippen molar-refractivity contribution in [1.82, 2.24) is 15.5 Å². The lowest BCUT2D eigenvalue weighted by Gasteiger charge is -2.29. The molecule has 3 N–H and O–H groups in total. The molecule has 2 heterocycles. The Labute approximate surface area is 217 Å². The lowest BCUT2D eigenvalue weighted by Crippen LogP contribution is -2.41. The van der Waals surface area contributed by atoms with Crippen LogP contribution in [0.1, 0.15) is 48.1 Å². The summed E-state index contributed by atoms with van der Waals surface area (Å²) in [4.78, 5) is 43.5. The Kier molecular flexibility index (Phi) is 5.90. The van der Waals surface area contributed by atoms with Crippen molar-refractivity contribution in [1.29, 1.82) is 0 Å². The first-order valence-corrected chi connectivity index (χ1v) is 12.0. The molecule has 2 aromatic carbocycles. The lowest BCUT2D eigenvalue weighted by molar-refractivity contribution is -0.123. The third-order valence-corrected chi connectivity index (χ3v) is 6.99. The minimum absolute atomic E-state index is 0.0128. The highest BCUT2D eigenvalue weighted by atomic mass is 16.5. The van der Waals surface area contributed by atoms with Gasteiger partial charge in [0.25, 0.3) is 0 Å². The Morgan fingerprint density at radius 3 is 2.50 bits per heavy atom. The summed E-state index contributed by atoms with van der Waals surface area (Å²) in [6.07, 6.45) is 1.53. The van der Waals surface area contributed by atoms with Gasteiger partial charge in [0.05, 0.1) is 11.1 Å². The average Bonchev–Trinajstić information content (AvgIpc) is 3.46. The average molecular weight is 516 g/mol. The summed E-state index contributed by atoms with van der Waals surface area (Å²) in [6.45, 7) is 6.11. The zero-order valence-electron chi connectivity index (χ0n) is 21.2. The molecule has 1 aliphatic heterocycles. The molecule has 10 heteroatoms. The van der Waals surface area contributed by atoms with Gasteiger partial charge in [0.1, 0.15) is 34.0 Å². The number of hydrogen-bond acceptors (Lipinski definition) is 10. The number of carbonyl (C=O) groups is 3. The topological polar surface area (TPSA) is 152 Å². The monoisotopic (exact) mass is 515 g/mol. The van der Waals surface area contributed by atoms with Gasteiger partial charge in [-0.2, -0.15) is 4.98 Å². The summed E-state index contributed by atoms with van der Waals surface area (Å²) in [5, 5.41) is 28.4. The van der Waals surface area contributed by atoms with Crippen molar-refractivity contribution in [2.75, 3.05) is 6.54 Å². The van der Waals surface area contributed by atoms with Gasteiger partial charge in [-0.05, 0) is 27.7 Å². The summed E-state index contributed by atoms with van der Waals surface area (Å²) in [5.74, 6) is -1.76. The van der Waals surface area contributed by atoms with E-state index in [2.05, 4.69) is 15.5 Å². The largest absolute Gasteiger partial charge is 0.507 e. The van der Waals surface area contributed by atoms with Gasteiger partial charge in [-0.1, -0.05) is 35.5 Å². The van der Waals surface area contributed by atoms with E-state index >= 15 is 0 Å². The van der Waals surface area contributed by atoms with Crippen molar-refractivity contribution in [3.8, 4) is 28.6 Å². The van der Waals surface area contributed by atoms with Crippen molar-refractivity contribution < 1.29 is 33.9 Å². The molecule has 0 saturated heterocycles. The minimum Gasteiger partial charge on any atom is -0.507 e. The van der Waals surface area contributed by atoms with E-state index in [4.69, 9.17) is 9.26 Å². The number of nitrogens with one attached hydrogen (secondary N) is 1. The molecule has 0 radical (unpaired) electrons. The van der Waals surface area contributed by atoms with Crippen LogP contribution in [0, 0.1) is 6.92 Å². The standard InChI is InChI=1S/C28H25N3O7/c1-13-23(34)21(15(3)32)25-22(24(13)35)28(4)18(37-25)12-17(33)20(26(28)36)14(2)29-11-10-19-30-27(31-38-19)16-8-6-5-7-9-16/h5-9,12,29,34-35H,10-11H2,1-4H3/t28-/m0/s1. The molecule has 38 heavy (non-hydrogen) atoms. The summed E-state index contributed by atoms with van der Waals surface area (Å²) in [7, 11) is 0. The van der Waals surface area contributed by atoms with Crippen LogP contribution in [-0.4, -0.2) is 44.2 Å².